The molecule has 28 heavy (non-hydrogen) atoms. The quantitative estimate of drug-likeness (QED) is 0.656. The van der Waals surface area contributed by atoms with Crippen molar-refractivity contribution in [1.29, 1.82) is 0 Å². The fraction of sp³-hybridized carbons (Fsp3) is 0.300. The van der Waals surface area contributed by atoms with Crippen molar-refractivity contribution in [2.45, 2.75) is 33.4 Å². The molecular weight excluding hydrogens is 362 g/mol. The first-order valence-corrected chi connectivity index (χ1v) is 8.92. The van der Waals surface area contributed by atoms with Crippen LogP contribution in [0.3, 0.4) is 0 Å². The van der Waals surface area contributed by atoms with E-state index < -0.39 is 11.5 Å². The summed E-state index contributed by atoms with van der Waals surface area (Å²) < 4.78 is 11.5. The standard InChI is InChI=1S/C20H21N3O5/c1-4-27-20(26)16-13(3)28-18-17(16)19(25)23(11-21-18)10-15(24)22-12(2)14-8-6-5-7-9-14/h5-9,11-12H,4,10H2,1-3H3,(H,22,24)/t12-/m0/s1. The van der Waals surface area contributed by atoms with Crippen molar-refractivity contribution in [3.05, 3.63) is 63.9 Å². The van der Waals surface area contributed by atoms with Gasteiger partial charge in [0.2, 0.25) is 11.6 Å². The van der Waals surface area contributed by atoms with Crippen LogP contribution in [0.1, 0.15) is 41.6 Å². The third-order valence-electron chi connectivity index (χ3n) is 4.33. The zero-order valence-electron chi connectivity index (χ0n) is 15.9. The van der Waals surface area contributed by atoms with Crippen LogP contribution >= 0.6 is 0 Å². The number of carbonyl (C=O) groups is 2. The maximum atomic E-state index is 12.8. The lowest BCUT2D eigenvalue weighted by atomic mass is 10.1. The van der Waals surface area contributed by atoms with E-state index in [1.54, 1.807) is 13.8 Å². The molecule has 2 aromatic heterocycles. The van der Waals surface area contributed by atoms with Crippen LogP contribution in [-0.2, 0) is 16.1 Å². The SMILES string of the molecule is CCOC(=O)c1c(C)oc2ncn(CC(=O)N[C@@H](C)c3ccccc3)c(=O)c12. The summed E-state index contributed by atoms with van der Waals surface area (Å²) in [7, 11) is 0. The number of aryl methyl sites for hydroxylation is 1. The number of fused-ring (bicyclic) bond motifs is 1. The van der Waals surface area contributed by atoms with Crippen LogP contribution in [0.5, 0.6) is 0 Å². The van der Waals surface area contributed by atoms with Crippen LogP contribution in [0.4, 0.5) is 0 Å². The molecule has 146 valence electrons. The van der Waals surface area contributed by atoms with Crippen molar-refractivity contribution in [3.63, 3.8) is 0 Å². The van der Waals surface area contributed by atoms with Crippen LogP contribution in [-0.4, -0.2) is 28.0 Å². The number of furan rings is 1. The first-order valence-electron chi connectivity index (χ1n) is 8.92. The Morgan fingerprint density at radius 2 is 2.00 bits per heavy atom. The number of nitrogens with zero attached hydrogens (tertiary/aromatic N) is 2. The molecule has 8 heteroatoms. The van der Waals surface area contributed by atoms with E-state index in [1.165, 1.54) is 6.33 Å². The molecule has 1 amide bonds. The molecule has 0 radical (unpaired) electrons. The van der Waals surface area contributed by atoms with Crippen molar-refractivity contribution in [2.24, 2.45) is 0 Å². The second-order valence-electron chi connectivity index (χ2n) is 6.31. The van der Waals surface area contributed by atoms with E-state index in [-0.39, 0.29) is 47.5 Å². The van der Waals surface area contributed by atoms with Gasteiger partial charge in [0.05, 0.1) is 12.6 Å². The summed E-state index contributed by atoms with van der Waals surface area (Å²) in [6, 6.07) is 9.27. The number of ether oxygens (including phenoxy) is 1. The highest BCUT2D eigenvalue weighted by Crippen LogP contribution is 2.21. The summed E-state index contributed by atoms with van der Waals surface area (Å²) in [6.07, 6.45) is 1.23. The lowest BCUT2D eigenvalue weighted by molar-refractivity contribution is -0.122. The van der Waals surface area contributed by atoms with Gasteiger partial charge in [-0.1, -0.05) is 30.3 Å². The van der Waals surface area contributed by atoms with E-state index in [0.717, 1.165) is 10.1 Å². The number of benzene rings is 1. The lowest BCUT2D eigenvalue weighted by Gasteiger charge is -2.14. The summed E-state index contributed by atoms with van der Waals surface area (Å²) in [6.45, 7) is 5.02. The van der Waals surface area contributed by atoms with E-state index in [1.807, 2.05) is 37.3 Å². The number of amides is 1. The summed E-state index contributed by atoms with van der Waals surface area (Å²) >= 11 is 0. The van der Waals surface area contributed by atoms with Gasteiger partial charge in [0.25, 0.3) is 5.56 Å². The molecule has 0 aliphatic heterocycles. The fourth-order valence-electron chi connectivity index (χ4n) is 2.97. The Hall–Kier alpha value is -3.42. The number of esters is 1. The van der Waals surface area contributed by atoms with E-state index in [2.05, 4.69) is 10.3 Å². The number of rotatable bonds is 6. The van der Waals surface area contributed by atoms with Gasteiger partial charge in [0.1, 0.15) is 29.6 Å². The maximum absolute atomic E-state index is 12.8. The highest BCUT2D eigenvalue weighted by atomic mass is 16.5. The first-order chi connectivity index (χ1) is 13.4. The highest BCUT2D eigenvalue weighted by Gasteiger charge is 2.24. The molecule has 3 aromatic rings. The molecular formula is C20H21N3O5. The van der Waals surface area contributed by atoms with Crippen LogP contribution in [0.2, 0.25) is 0 Å². The highest BCUT2D eigenvalue weighted by molar-refractivity contribution is 6.03. The van der Waals surface area contributed by atoms with Gasteiger partial charge in [0, 0.05) is 0 Å². The Kier molecular flexibility index (Phi) is 5.58. The smallest absolute Gasteiger partial charge is 0.342 e. The Morgan fingerprint density at radius 1 is 1.29 bits per heavy atom. The minimum Gasteiger partial charge on any atom is -0.462 e. The van der Waals surface area contributed by atoms with Crippen LogP contribution in [0.15, 0.2) is 45.9 Å². The van der Waals surface area contributed by atoms with Crippen LogP contribution < -0.4 is 10.9 Å². The number of hydrogen-bond acceptors (Lipinski definition) is 6. The Labute approximate surface area is 161 Å². The lowest BCUT2D eigenvalue weighted by Crippen LogP contribution is -2.34. The molecule has 1 N–H and O–H groups in total. The van der Waals surface area contributed by atoms with Gasteiger partial charge < -0.3 is 14.5 Å². The van der Waals surface area contributed by atoms with Gasteiger partial charge in [-0.25, -0.2) is 9.78 Å². The predicted octanol–water partition coefficient (Wildman–Crippen LogP) is 2.35. The maximum Gasteiger partial charge on any atom is 0.342 e. The second-order valence-corrected chi connectivity index (χ2v) is 6.31. The van der Waals surface area contributed by atoms with Crippen LogP contribution in [0, 0.1) is 6.92 Å². The molecule has 0 saturated heterocycles. The topological polar surface area (TPSA) is 103 Å². The van der Waals surface area contributed by atoms with Crippen LogP contribution in [0.25, 0.3) is 11.1 Å². The van der Waals surface area contributed by atoms with E-state index in [4.69, 9.17) is 9.15 Å². The van der Waals surface area contributed by atoms with Gasteiger partial charge in [0.15, 0.2) is 0 Å². The van der Waals surface area contributed by atoms with E-state index in [9.17, 15) is 14.4 Å². The molecule has 2 heterocycles. The zero-order valence-corrected chi connectivity index (χ0v) is 15.9. The summed E-state index contributed by atoms with van der Waals surface area (Å²) in [5, 5.41) is 2.86. The molecule has 0 saturated carbocycles. The second kappa shape index (κ2) is 8.08. The predicted molar refractivity (Wildman–Crippen MR) is 102 cm³/mol. The van der Waals surface area contributed by atoms with Gasteiger partial charge in [-0.2, -0.15) is 0 Å². The third-order valence-corrected chi connectivity index (χ3v) is 4.33. The third kappa shape index (κ3) is 3.80. The number of nitrogens with one attached hydrogen (secondary N) is 1. The van der Waals surface area contributed by atoms with Gasteiger partial charge >= 0.3 is 5.97 Å². The summed E-state index contributed by atoms with van der Waals surface area (Å²) in [5.41, 5.74) is 0.501. The van der Waals surface area contributed by atoms with E-state index >= 15 is 0 Å². The Bertz CT molecular complexity index is 1070. The van der Waals surface area contributed by atoms with Gasteiger partial charge in [-0.3, -0.25) is 14.2 Å². The molecule has 0 fully saturated rings. The summed E-state index contributed by atoms with van der Waals surface area (Å²) in [5.74, 6) is -0.756. The number of aromatic nitrogens is 2. The first kappa shape index (κ1) is 19.3. The van der Waals surface area contributed by atoms with Crippen molar-refractivity contribution in [1.82, 2.24) is 14.9 Å². The normalized spacial score (nSPS) is 12.0. The fourth-order valence-corrected chi connectivity index (χ4v) is 2.97. The molecule has 0 aliphatic rings. The van der Waals surface area contributed by atoms with Crippen molar-refractivity contribution >= 4 is 23.0 Å². The molecule has 3 rings (SSSR count). The average molecular weight is 383 g/mol. The average Bonchev–Trinajstić information content (AvgIpc) is 3.01. The minimum absolute atomic E-state index is 0.0161. The Morgan fingerprint density at radius 3 is 2.68 bits per heavy atom. The largest absolute Gasteiger partial charge is 0.462 e. The molecule has 0 aliphatic carbocycles. The number of hydrogen-bond donors (Lipinski definition) is 1. The molecule has 0 spiro atoms. The van der Waals surface area contributed by atoms with Crippen molar-refractivity contribution in [2.75, 3.05) is 6.61 Å². The Balaban J connectivity index is 1.86. The molecule has 1 atom stereocenters. The molecule has 1 aromatic carbocycles. The van der Waals surface area contributed by atoms with Crippen molar-refractivity contribution in [3.8, 4) is 0 Å². The number of carbonyl (C=O) groups excluding carboxylic acids is 2. The van der Waals surface area contributed by atoms with Crippen molar-refractivity contribution < 1.29 is 18.7 Å². The minimum atomic E-state index is -0.655. The molecule has 0 unspecified atom stereocenters. The molecule has 0 bridgehead atoms. The zero-order chi connectivity index (χ0) is 20.3. The summed E-state index contributed by atoms with van der Waals surface area (Å²) in [4.78, 5) is 41.5. The van der Waals surface area contributed by atoms with Gasteiger partial charge in [-0.05, 0) is 26.3 Å². The molecule has 8 nitrogen and oxygen atoms in total. The van der Waals surface area contributed by atoms with Gasteiger partial charge in [-0.15, -0.1) is 0 Å². The monoisotopic (exact) mass is 383 g/mol. The van der Waals surface area contributed by atoms with E-state index in [0.29, 0.717) is 0 Å².